The Labute approximate surface area is 197 Å². The number of nitrogens with zero attached hydrogens (tertiary/aromatic N) is 5. The third-order valence-electron chi connectivity index (χ3n) is 6.59. The Hall–Kier alpha value is -2.55. The van der Waals surface area contributed by atoms with Crippen molar-refractivity contribution in [2.75, 3.05) is 31.6 Å². The number of aryl methyl sites for hydroxylation is 1. The lowest BCUT2D eigenvalue weighted by molar-refractivity contribution is -0.0610. The van der Waals surface area contributed by atoms with Gasteiger partial charge in [-0.2, -0.15) is 0 Å². The molecule has 1 atom stereocenters. The van der Waals surface area contributed by atoms with Crippen LogP contribution in [-0.4, -0.2) is 57.1 Å². The second-order valence-electron chi connectivity index (χ2n) is 9.14. The zero-order chi connectivity index (χ0) is 22.8. The van der Waals surface area contributed by atoms with Gasteiger partial charge in [-0.3, -0.25) is 9.88 Å². The maximum absolute atomic E-state index is 13.4. The Morgan fingerprint density at radius 2 is 2.18 bits per heavy atom. The third-order valence-corrected chi connectivity index (χ3v) is 6.92. The zero-order valence-electron chi connectivity index (χ0n) is 18.7. The molecular formula is C24H28ClFN6O. The Bertz CT molecular complexity index is 1120. The molecular weight excluding hydrogens is 443 g/mol. The highest BCUT2D eigenvalue weighted by molar-refractivity contribution is 6.31. The normalized spacial score (nSPS) is 20.0. The van der Waals surface area contributed by atoms with Crippen molar-refractivity contribution in [3.05, 3.63) is 70.5 Å². The van der Waals surface area contributed by atoms with Crippen molar-refractivity contribution in [1.82, 2.24) is 24.6 Å². The number of pyridine rings is 1. The summed E-state index contributed by atoms with van der Waals surface area (Å²) in [5.41, 5.74) is 3.93. The van der Waals surface area contributed by atoms with Crippen molar-refractivity contribution in [2.24, 2.45) is 7.05 Å². The molecule has 5 rings (SSSR count). The first kappa shape index (κ1) is 22.3. The van der Waals surface area contributed by atoms with E-state index in [1.54, 1.807) is 6.33 Å². The molecule has 9 heteroatoms. The molecule has 174 valence electrons. The van der Waals surface area contributed by atoms with Crippen molar-refractivity contribution in [1.29, 1.82) is 0 Å². The second kappa shape index (κ2) is 9.37. The van der Waals surface area contributed by atoms with E-state index >= 15 is 0 Å². The van der Waals surface area contributed by atoms with E-state index in [4.69, 9.17) is 16.3 Å². The van der Waals surface area contributed by atoms with Crippen molar-refractivity contribution in [3.8, 4) is 0 Å². The molecule has 7 nitrogen and oxygen atoms in total. The average molecular weight is 471 g/mol. The predicted octanol–water partition coefficient (Wildman–Crippen LogP) is 3.53. The summed E-state index contributed by atoms with van der Waals surface area (Å²) >= 11 is 6.51. The summed E-state index contributed by atoms with van der Waals surface area (Å²) in [5.74, 6) is 0.948. The minimum atomic E-state index is -0.723. The lowest BCUT2D eigenvalue weighted by Gasteiger charge is -2.41. The monoisotopic (exact) mass is 470 g/mol. The largest absolute Gasteiger partial charge is 0.379 e. The highest BCUT2D eigenvalue weighted by Gasteiger charge is 2.41. The van der Waals surface area contributed by atoms with Gasteiger partial charge in [-0.25, -0.2) is 4.39 Å². The van der Waals surface area contributed by atoms with E-state index in [0.717, 1.165) is 35.7 Å². The van der Waals surface area contributed by atoms with E-state index in [0.29, 0.717) is 44.3 Å². The van der Waals surface area contributed by atoms with E-state index in [-0.39, 0.29) is 5.41 Å². The average Bonchev–Trinajstić information content (AvgIpc) is 3.37. The van der Waals surface area contributed by atoms with Crippen LogP contribution < -0.4 is 5.32 Å². The van der Waals surface area contributed by atoms with Gasteiger partial charge in [0.2, 0.25) is 0 Å². The number of halogens is 2. The lowest BCUT2D eigenvalue weighted by Crippen LogP contribution is -2.49. The van der Waals surface area contributed by atoms with Gasteiger partial charge in [0.25, 0.3) is 0 Å². The van der Waals surface area contributed by atoms with Gasteiger partial charge >= 0.3 is 0 Å². The van der Waals surface area contributed by atoms with Gasteiger partial charge in [0.15, 0.2) is 0 Å². The number of hydrogen-bond acceptors (Lipinski definition) is 6. The zero-order valence-corrected chi connectivity index (χ0v) is 19.4. The van der Waals surface area contributed by atoms with Crippen LogP contribution in [0.2, 0.25) is 5.02 Å². The molecule has 2 aromatic heterocycles. The van der Waals surface area contributed by atoms with Crippen LogP contribution in [0.3, 0.4) is 0 Å². The molecule has 2 fully saturated rings. The predicted molar refractivity (Wildman–Crippen MR) is 125 cm³/mol. The maximum Gasteiger partial charge on any atom is 0.133 e. The molecule has 2 aliphatic rings. The van der Waals surface area contributed by atoms with Crippen molar-refractivity contribution in [3.63, 3.8) is 0 Å². The summed E-state index contributed by atoms with van der Waals surface area (Å²) in [4.78, 5) is 6.66. The van der Waals surface area contributed by atoms with Crippen LogP contribution in [0.1, 0.15) is 29.1 Å². The lowest BCUT2D eigenvalue weighted by atomic mass is 9.75. The topological polar surface area (TPSA) is 68.1 Å². The smallest absolute Gasteiger partial charge is 0.133 e. The molecule has 4 heterocycles. The number of rotatable bonds is 8. The molecule has 33 heavy (non-hydrogen) atoms. The molecule has 0 radical (unpaired) electrons. The van der Waals surface area contributed by atoms with Crippen molar-refractivity contribution >= 4 is 17.3 Å². The maximum atomic E-state index is 13.4. The highest BCUT2D eigenvalue weighted by atomic mass is 35.5. The van der Waals surface area contributed by atoms with Crippen LogP contribution in [0.25, 0.3) is 0 Å². The van der Waals surface area contributed by atoms with Crippen LogP contribution in [0.4, 0.5) is 10.1 Å². The second-order valence-corrected chi connectivity index (χ2v) is 9.54. The number of alkyl halides is 1. The molecule has 0 spiro atoms. The van der Waals surface area contributed by atoms with E-state index < -0.39 is 6.17 Å². The summed E-state index contributed by atoms with van der Waals surface area (Å²) in [6, 6.07) is 10.4. The van der Waals surface area contributed by atoms with E-state index in [2.05, 4.69) is 43.6 Å². The first-order chi connectivity index (χ1) is 16.0. The molecule has 0 unspecified atom stereocenters. The van der Waals surface area contributed by atoms with Gasteiger partial charge in [0.1, 0.15) is 18.3 Å². The van der Waals surface area contributed by atoms with Gasteiger partial charge in [0, 0.05) is 50.4 Å². The number of aromatic nitrogens is 4. The fourth-order valence-electron chi connectivity index (χ4n) is 4.54. The minimum absolute atomic E-state index is 0.0930. The van der Waals surface area contributed by atoms with Crippen molar-refractivity contribution < 1.29 is 9.13 Å². The fraction of sp³-hybridized carbons (Fsp3) is 0.458. The van der Waals surface area contributed by atoms with Crippen LogP contribution >= 0.6 is 11.6 Å². The standard InChI is InChI=1S/C24H28ClFN6O/c1-31-16-29-30-23(31)9-24(14-33-15-24)18-3-2-4-20(8-18)27-11-22-21(25)7-17(10-28-22)12-32-6-5-19(26)13-32/h2-4,7-8,10,16,19,27H,5-6,9,11-15H2,1H3/t19-/m0/s1. The molecule has 2 aliphatic heterocycles. The molecule has 3 aromatic rings. The minimum Gasteiger partial charge on any atom is -0.379 e. The molecule has 0 saturated carbocycles. The number of anilines is 1. The van der Waals surface area contributed by atoms with Gasteiger partial charge in [-0.1, -0.05) is 23.7 Å². The van der Waals surface area contributed by atoms with Gasteiger partial charge < -0.3 is 14.6 Å². The van der Waals surface area contributed by atoms with Crippen LogP contribution in [0, 0.1) is 0 Å². The van der Waals surface area contributed by atoms with E-state index in [1.807, 2.05) is 29.9 Å². The van der Waals surface area contributed by atoms with Crippen LogP contribution in [-0.2, 0) is 36.7 Å². The first-order valence-corrected chi connectivity index (χ1v) is 11.6. The fourth-order valence-corrected chi connectivity index (χ4v) is 4.80. The Kier molecular flexibility index (Phi) is 6.32. The summed E-state index contributed by atoms with van der Waals surface area (Å²) in [7, 11) is 1.96. The Balaban J connectivity index is 1.24. The summed E-state index contributed by atoms with van der Waals surface area (Å²) in [6.45, 7) is 3.79. The highest BCUT2D eigenvalue weighted by Crippen LogP contribution is 2.36. The Morgan fingerprint density at radius 3 is 2.85 bits per heavy atom. The molecule has 0 amide bonds. The SMILES string of the molecule is Cn1cnnc1CC1(c2cccc(NCc3ncc(CN4CC[C@H](F)C4)cc3Cl)c2)COC1. The van der Waals surface area contributed by atoms with Gasteiger partial charge in [0.05, 0.1) is 30.5 Å². The molecule has 1 N–H and O–H groups in total. The number of likely N-dealkylation sites (tertiary alicyclic amines) is 1. The van der Waals surface area contributed by atoms with Crippen LogP contribution in [0.15, 0.2) is 42.9 Å². The number of hydrogen-bond donors (Lipinski definition) is 1. The summed E-state index contributed by atoms with van der Waals surface area (Å²) in [6.07, 6.45) is 4.23. The quantitative estimate of drug-likeness (QED) is 0.543. The summed E-state index contributed by atoms with van der Waals surface area (Å²) in [5, 5.41) is 12.3. The molecule has 0 bridgehead atoms. The number of benzene rings is 1. The number of nitrogens with one attached hydrogen (secondary N) is 1. The molecule has 1 aromatic carbocycles. The van der Waals surface area contributed by atoms with E-state index in [1.165, 1.54) is 5.56 Å². The number of ether oxygens (including phenoxy) is 1. The molecule has 2 saturated heterocycles. The Morgan fingerprint density at radius 1 is 1.30 bits per heavy atom. The first-order valence-electron chi connectivity index (χ1n) is 11.3. The van der Waals surface area contributed by atoms with Crippen LogP contribution in [0.5, 0.6) is 0 Å². The summed E-state index contributed by atoms with van der Waals surface area (Å²) < 4.78 is 21.0. The van der Waals surface area contributed by atoms with E-state index in [9.17, 15) is 4.39 Å². The van der Waals surface area contributed by atoms with Gasteiger partial charge in [-0.15, -0.1) is 10.2 Å². The molecule has 0 aliphatic carbocycles. The third kappa shape index (κ3) is 4.88. The van der Waals surface area contributed by atoms with Crippen molar-refractivity contribution in [2.45, 2.75) is 37.5 Å². The van der Waals surface area contributed by atoms with Gasteiger partial charge in [-0.05, 0) is 35.7 Å².